The number of thioether (sulfide) groups is 1. The van der Waals surface area contributed by atoms with Crippen LogP contribution in [0.25, 0.3) is 0 Å². The van der Waals surface area contributed by atoms with Gasteiger partial charge in [-0.3, -0.25) is 0 Å². The van der Waals surface area contributed by atoms with Crippen LogP contribution in [0.4, 0.5) is 4.39 Å². The molecule has 0 bridgehead atoms. The number of benzene rings is 1. The predicted molar refractivity (Wildman–Crippen MR) is 88.5 cm³/mol. The maximum Gasteiger partial charge on any atom is 0.191 e. The van der Waals surface area contributed by atoms with E-state index in [0.29, 0.717) is 11.3 Å². The maximum absolute atomic E-state index is 13.3. The van der Waals surface area contributed by atoms with Crippen LogP contribution in [0.5, 0.6) is 0 Å². The summed E-state index contributed by atoms with van der Waals surface area (Å²) in [4.78, 5) is 0. The van der Waals surface area contributed by atoms with Crippen LogP contribution in [-0.4, -0.2) is 11.5 Å². The van der Waals surface area contributed by atoms with Crippen LogP contribution in [0.1, 0.15) is 11.5 Å². The fourth-order valence-electron chi connectivity index (χ4n) is 3.53. The zero-order chi connectivity index (χ0) is 17.3. The van der Waals surface area contributed by atoms with Crippen molar-refractivity contribution < 1.29 is 4.39 Å². The van der Waals surface area contributed by atoms with Crippen molar-refractivity contribution >= 4 is 11.8 Å². The molecule has 0 aromatic heterocycles. The Morgan fingerprint density at radius 1 is 1.17 bits per heavy atom. The number of allylic oxidation sites excluding steroid dienone is 3. The van der Waals surface area contributed by atoms with Crippen LogP contribution in [0.3, 0.4) is 0 Å². The van der Waals surface area contributed by atoms with Crippen molar-refractivity contribution in [2.45, 2.75) is 5.92 Å². The molecule has 0 spiro atoms. The number of hydrogen-bond acceptors (Lipinski definition) is 5. The Hall–Kier alpha value is -2.75. The molecule has 0 fully saturated rings. The van der Waals surface area contributed by atoms with Gasteiger partial charge in [0.1, 0.15) is 11.9 Å². The molecule has 1 heterocycles. The number of hydrogen-bond donors (Lipinski definition) is 1. The van der Waals surface area contributed by atoms with E-state index in [-0.39, 0.29) is 23.0 Å². The smallest absolute Gasteiger partial charge is 0.191 e. The standard InChI is InChI=1S/C18H13FN4S/c19-12-3-1-11(2-4-12)16-15-8-24-6-5-13(15)14(7-20)17(23)18(16,9-21)10-22/h1-5,15-16H,6,8,23H2. The number of nitrogens with two attached hydrogens (primary N) is 1. The molecule has 0 amide bonds. The third-order valence-electron chi connectivity index (χ3n) is 4.66. The van der Waals surface area contributed by atoms with Crippen LogP contribution < -0.4 is 5.73 Å². The fraction of sp³-hybridized carbons (Fsp3) is 0.278. The first-order valence-corrected chi connectivity index (χ1v) is 8.51. The topological polar surface area (TPSA) is 97.4 Å². The zero-order valence-corrected chi connectivity index (χ0v) is 13.5. The highest BCUT2D eigenvalue weighted by Crippen LogP contribution is 2.54. The van der Waals surface area contributed by atoms with Gasteiger partial charge in [0, 0.05) is 23.3 Å². The van der Waals surface area contributed by atoms with E-state index in [0.717, 1.165) is 11.3 Å². The average Bonchev–Trinajstić information content (AvgIpc) is 2.62. The highest BCUT2D eigenvalue weighted by atomic mass is 32.2. The maximum atomic E-state index is 13.3. The summed E-state index contributed by atoms with van der Waals surface area (Å²) in [6.45, 7) is 0. The lowest BCUT2D eigenvalue weighted by Gasteiger charge is -2.43. The van der Waals surface area contributed by atoms with Crippen molar-refractivity contribution in [3.63, 3.8) is 0 Å². The van der Waals surface area contributed by atoms with E-state index in [9.17, 15) is 20.2 Å². The van der Waals surface area contributed by atoms with Crippen LogP contribution in [0.15, 0.2) is 47.2 Å². The van der Waals surface area contributed by atoms with Crippen LogP contribution in [0.2, 0.25) is 0 Å². The van der Waals surface area contributed by atoms with Gasteiger partial charge in [0.2, 0.25) is 0 Å². The van der Waals surface area contributed by atoms with Crippen molar-refractivity contribution in [1.82, 2.24) is 0 Å². The molecule has 2 unspecified atom stereocenters. The van der Waals surface area contributed by atoms with Crippen LogP contribution in [0, 0.1) is 51.1 Å². The highest BCUT2D eigenvalue weighted by Gasteiger charge is 2.53. The monoisotopic (exact) mass is 336 g/mol. The van der Waals surface area contributed by atoms with Gasteiger partial charge in [-0.1, -0.05) is 18.2 Å². The van der Waals surface area contributed by atoms with Crippen molar-refractivity contribution in [3.8, 4) is 18.2 Å². The molecule has 3 rings (SSSR count). The third-order valence-corrected chi connectivity index (χ3v) is 5.66. The second kappa shape index (κ2) is 6.04. The van der Waals surface area contributed by atoms with Crippen molar-refractivity contribution in [2.24, 2.45) is 17.1 Å². The normalized spacial score (nSPS) is 24.8. The van der Waals surface area contributed by atoms with Gasteiger partial charge in [0.25, 0.3) is 0 Å². The van der Waals surface area contributed by atoms with Crippen molar-refractivity contribution in [1.29, 1.82) is 15.8 Å². The highest BCUT2D eigenvalue weighted by molar-refractivity contribution is 7.99. The average molecular weight is 336 g/mol. The predicted octanol–water partition coefficient (Wildman–Crippen LogP) is 2.98. The quantitative estimate of drug-likeness (QED) is 0.850. The molecule has 1 aliphatic heterocycles. The summed E-state index contributed by atoms with van der Waals surface area (Å²) >= 11 is 1.68. The van der Waals surface area contributed by atoms with E-state index >= 15 is 0 Å². The molecule has 118 valence electrons. The fourth-order valence-corrected chi connectivity index (χ4v) is 4.59. The Kier molecular flexibility index (Phi) is 4.06. The van der Waals surface area contributed by atoms with Gasteiger partial charge in [0.15, 0.2) is 5.41 Å². The first-order valence-electron chi connectivity index (χ1n) is 7.35. The Bertz CT molecular complexity index is 850. The summed E-state index contributed by atoms with van der Waals surface area (Å²) in [5.74, 6) is 0.327. The number of rotatable bonds is 1. The second-order valence-corrected chi connectivity index (χ2v) is 6.84. The van der Waals surface area contributed by atoms with Gasteiger partial charge >= 0.3 is 0 Å². The molecule has 0 saturated heterocycles. The molecule has 0 radical (unpaired) electrons. The summed E-state index contributed by atoms with van der Waals surface area (Å²) in [5.41, 5.74) is 6.22. The van der Waals surface area contributed by atoms with E-state index in [4.69, 9.17) is 5.73 Å². The van der Waals surface area contributed by atoms with Crippen molar-refractivity contribution in [3.05, 3.63) is 58.6 Å². The Morgan fingerprint density at radius 2 is 1.83 bits per heavy atom. The van der Waals surface area contributed by atoms with E-state index < -0.39 is 11.3 Å². The largest absolute Gasteiger partial charge is 0.399 e. The van der Waals surface area contributed by atoms with Crippen LogP contribution in [-0.2, 0) is 0 Å². The molecule has 1 aromatic rings. The molecule has 4 nitrogen and oxygen atoms in total. The summed E-state index contributed by atoms with van der Waals surface area (Å²) in [6, 6.07) is 12.0. The third kappa shape index (κ3) is 2.18. The molecule has 24 heavy (non-hydrogen) atoms. The van der Waals surface area contributed by atoms with E-state index in [1.807, 2.05) is 6.08 Å². The van der Waals surface area contributed by atoms with Crippen molar-refractivity contribution in [2.75, 3.05) is 11.5 Å². The summed E-state index contributed by atoms with van der Waals surface area (Å²) in [6.07, 6.45) is 1.94. The van der Waals surface area contributed by atoms with Gasteiger partial charge in [-0.15, -0.1) is 0 Å². The first kappa shape index (κ1) is 16.1. The summed E-state index contributed by atoms with van der Waals surface area (Å²) in [5, 5.41) is 29.1. The SMILES string of the molecule is N#CC1=C(N)C(C#N)(C#N)C(c2ccc(F)cc2)C2CSCC=C12. The second-order valence-electron chi connectivity index (χ2n) is 5.76. The molecule has 2 aliphatic rings. The Labute approximate surface area is 143 Å². The molecule has 2 atom stereocenters. The van der Waals surface area contributed by atoms with E-state index in [1.165, 1.54) is 12.1 Å². The lowest BCUT2D eigenvalue weighted by Crippen LogP contribution is -2.43. The Balaban J connectivity index is 2.31. The molecule has 2 N–H and O–H groups in total. The van der Waals surface area contributed by atoms with Gasteiger partial charge in [-0.2, -0.15) is 27.5 Å². The molecule has 0 saturated carbocycles. The van der Waals surface area contributed by atoms with Gasteiger partial charge < -0.3 is 5.73 Å². The molecular weight excluding hydrogens is 323 g/mol. The molecule has 6 heteroatoms. The molecule has 1 aliphatic carbocycles. The van der Waals surface area contributed by atoms with Gasteiger partial charge in [0.05, 0.1) is 23.4 Å². The minimum Gasteiger partial charge on any atom is -0.399 e. The lowest BCUT2D eigenvalue weighted by molar-refractivity contribution is 0.368. The zero-order valence-electron chi connectivity index (χ0n) is 12.7. The van der Waals surface area contributed by atoms with E-state index in [1.54, 1.807) is 23.9 Å². The van der Waals surface area contributed by atoms with Gasteiger partial charge in [-0.25, -0.2) is 4.39 Å². The minimum absolute atomic E-state index is 0.00118. The van der Waals surface area contributed by atoms with Gasteiger partial charge in [-0.05, 0) is 23.3 Å². The van der Waals surface area contributed by atoms with Crippen LogP contribution >= 0.6 is 11.8 Å². The number of nitrogens with zero attached hydrogens (tertiary/aromatic N) is 3. The summed E-state index contributed by atoms with van der Waals surface area (Å²) < 4.78 is 13.3. The summed E-state index contributed by atoms with van der Waals surface area (Å²) in [7, 11) is 0. The van der Waals surface area contributed by atoms with E-state index in [2.05, 4.69) is 18.2 Å². The number of fused-ring (bicyclic) bond motifs is 1. The molecular formula is C18H13FN4S. The molecule has 1 aromatic carbocycles. The minimum atomic E-state index is -1.64. The number of halogens is 1. The first-order chi connectivity index (χ1) is 11.6. The lowest BCUT2D eigenvalue weighted by atomic mass is 9.59. The Morgan fingerprint density at radius 3 is 2.42 bits per heavy atom. The number of nitriles is 3.